The molecule has 8 aromatic rings. The van der Waals surface area contributed by atoms with Crippen LogP contribution >= 0.6 is 0 Å². The lowest BCUT2D eigenvalue weighted by Gasteiger charge is -2.51. The van der Waals surface area contributed by atoms with E-state index in [2.05, 4.69) is 128 Å². The minimum atomic E-state index is -0.550. The first-order valence-electron chi connectivity index (χ1n) is 39.3. The standard InChI is InChI=1S/4C22H25FN2O2/c4*1-14-15(2)27-22(26-14)10-4-5-17-11-20-16(12-21(17,22)3)13-24-25(20)19-8-6-18(23)7-9-19/h4*6-9,11,13-15H,4-5,10,12H2,1-3H3/t14-,15+,21?,22?;14-,15+,21-,22?;2*14-,15-,21+/m.010/s1. The summed E-state index contributed by atoms with van der Waals surface area (Å²) in [6, 6.07) is 25.9. The highest BCUT2D eigenvalue weighted by Gasteiger charge is 2.65. The number of fused-ring (bicyclic) bond motifs is 12. The Kier molecular flexibility index (Phi) is 18.2. The first-order valence-corrected chi connectivity index (χ1v) is 39.3. The summed E-state index contributed by atoms with van der Waals surface area (Å²) in [6.07, 6.45) is 33.1. The van der Waals surface area contributed by atoms with E-state index in [9.17, 15) is 17.6 Å². The van der Waals surface area contributed by atoms with Crippen molar-refractivity contribution in [1.82, 2.24) is 39.1 Å². The van der Waals surface area contributed by atoms with Crippen LogP contribution in [-0.2, 0) is 63.6 Å². The zero-order valence-corrected chi connectivity index (χ0v) is 64.1. The topological polar surface area (TPSA) is 145 Å². The number of nitrogens with zero attached hydrogens (tertiary/aromatic N) is 8. The van der Waals surface area contributed by atoms with Crippen LogP contribution in [0.5, 0.6) is 0 Å². The first-order chi connectivity index (χ1) is 51.7. The van der Waals surface area contributed by atoms with E-state index in [1.54, 1.807) is 48.5 Å². The average Bonchev–Trinajstić information content (AvgIpc) is 1.49. The Bertz CT molecular complexity index is 4230. The summed E-state index contributed by atoms with van der Waals surface area (Å²) >= 11 is 0. The molecule has 0 radical (unpaired) electrons. The number of rotatable bonds is 4. The van der Waals surface area contributed by atoms with E-state index in [4.69, 9.17) is 37.9 Å². The predicted octanol–water partition coefficient (Wildman–Crippen LogP) is 18.6. The van der Waals surface area contributed by atoms with E-state index in [1.807, 2.05) is 43.5 Å². The molecule has 108 heavy (non-hydrogen) atoms. The molecule has 0 amide bonds. The van der Waals surface area contributed by atoms with Gasteiger partial charge in [-0.3, -0.25) is 0 Å². The molecule has 0 N–H and O–H groups in total. The Balaban J connectivity index is 0.000000105. The van der Waals surface area contributed by atoms with Gasteiger partial charge in [0.2, 0.25) is 0 Å². The molecule has 20 heteroatoms. The average molecular weight is 1470 g/mol. The second-order valence-electron chi connectivity index (χ2n) is 33.5. The lowest BCUT2D eigenvalue weighted by molar-refractivity contribution is -0.246. The molecule has 3 unspecified atom stereocenters. The molecule has 4 saturated heterocycles. The number of hydrogen-bond donors (Lipinski definition) is 0. The Labute approximate surface area is 630 Å². The van der Waals surface area contributed by atoms with E-state index in [0.29, 0.717) is 0 Å². The van der Waals surface area contributed by atoms with Crippen molar-refractivity contribution < 1.29 is 55.5 Å². The van der Waals surface area contributed by atoms with Gasteiger partial charge in [0.15, 0.2) is 23.1 Å². The Morgan fingerprint density at radius 1 is 0.287 bits per heavy atom. The number of benzene rings is 4. The molecule has 4 saturated carbocycles. The van der Waals surface area contributed by atoms with Crippen molar-refractivity contribution in [2.24, 2.45) is 21.7 Å². The number of ether oxygens (including phenoxy) is 8. The third-order valence-electron chi connectivity index (χ3n) is 26.9. The highest BCUT2D eigenvalue weighted by atomic mass is 19.1. The van der Waals surface area contributed by atoms with Crippen LogP contribution in [0.1, 0.15) is 205 Å². The van der Waals surface area contributed by atoms with Crippen LogP contribution in [0.3, 0.4) is 0 Å². The Hall–Kier alpha value is -7.92. The van der Waals surface area contributed by atoms with Crippen molar-refractivity contribution in [2.45, 2.75) is 258 Å². The SMILES string of the molecule is C[C@@H]1OC2(CCCC3=Cc4c(cnn4-c4ccc(F)cc4)CC32C)O[C@@H]1C.C[C@@H]1OC2(CCCC3=Cc4c(cnn4-c4ccc(F)cc4)C[C@@]32C)O[C@@H]1C.C[C@@H]1OC2(CCCC3=Cc4c(cnn4-c4ccc(F)cc4)C[C@]32C)O[C@H]1C.C[C@H]1OC2(CCCC3=Cc4c(cnn4-c4ccc(F)cc4)C[C@@]32C)O[C@@H]1C. The molecule has 4 aromatic carbocycles. The van der Waals surface area contributed by atoms with E-state index in [0.717, 1.165) is 148 Å². The third kappa shape index (κ3) is 11.8. The highest BCUT2D eigenvalue weighted by Crippen LogP contribution is 2.63. The van der Waals surface area contributed by atoms with E-state index in [1.165, 1.54) is 93.1 Å². The van der Waals surface area contributed by atoms with Gasteiger partial charge in [0.1, 0.15) is 23.3 Å². The zero-order valence-electron chi connectivity index (χ0n) is 64.1. The van der Waals surface area contributed by atoms with Gasteiger partial charge in [-0.05, 0) is 276 Å². The maximum atomic E-state index is 13.3. The van der Waals surface area contributed by atoms with E-state index < -0.39 is 23.1 Å². The van der Waals surface area contributed by atoms with Gasteiger partial charge in [0.05, 0.1) is 119 Å². The van der Waals surface area contributed by atoms with Crippen LogP contribution in [0.25, 0.3) is 47.1 Å². The summed E-state index contributed by atoms with van der Waals surface area (Å²) in [5.74, 6) is -3.15. The molecular weight excluding hydrogens is 1370 g/mol. The molecule has 8 heterocycles. The van der Waals surface area contributed by atoms with Crippen LogP contribution in [-0.4, -0.2) is 111 Å². The van der Waals surface area contributed by atoms with Gasteiger partial charge in [0, 0.05) is 47.3 Å². The van der Waals surface area contributed by atoms with Crippen molar-refractivity contribution >= 4 is 24.3 Å². The minimum absolute atomic E-state index is 0.101. The highest BCUT2D eigenvalue weighted by molar-refractivity contribution is 5.66. The van der Waals surface area contributed by atoms with Crippen LogP contribution in [0.4, 0.5) is 17.6 Å². The molecule has 14 atom stereocenters. The van der Waals surface area contributed by atoms with E-state index >= 15 is 0 Å². The molecular formula is C88H100F4N8O8. The number of aromatic nitrogens is 8. The van der Waals surface area contributed by atoms with Gasteiger partial charge in [-0.2, -0.15) is 20.4 Å². The lowest BCUT2D eigenvalue weighted by Crippen LogP contribution is -2.53. The van der Waals surface area contributed by atoms with Gasteiger partial charge < -0.3 is 37.9 Å². The van der Waals surface area contributed by atoms with Crippen molar-refractivity contribution in [1.29, 1.82) is 0 Å². The van der Waals surface area contributed by atoms with Gasteiger partial charge in [-0.15, -0.1) is 0 Å². The van der Waals surface area contributed by atoms with Crippen molar-refractivity contribution in [3.63, 3.8) is 0 Å². The molecule has 12 aliphatic rings. The smallest absolute Gasteiger partial charge is 0.178 e. The normalized spacial score (nSPS) is 33.3. The Morgan fingerprint density at radius 3 is 0.639 bits per heavy atom. The molecule has 20 rings (SSSR count). The lowest BCUT2D eigenvalue weighted by atomic mass is 9.62. The van der Waals surface area contributed by atoms with Crippen molar-refractivity contribution in [3.8, 4) is 22.7 Å². The second-order valence-corrected chi connectivity index (χ2v) is 33.5. The van der Waals surface area contributed by atoms with Crippen LogP contribution < -0.4 is 0 Å². The molecule has 4 aromatic heterocycles. The third-order valence-corrected chi connectivity index (χ3v) is 26.9. The molecule has 8 aliphatic carbocycles. The molecule has 0 bridgehead atoms. The predicted molar refractivity (Wildman–Crippen MR) is 404 cm³/mol. The fraction of sp³-hybridized carbons (Fsp3) is 0.500. The van der Waals surface area contributed by atoms with Crippen molar-refractivity contribution in [2.75, 3.05) is 0 Å². The van der Waals surface area contributed by atoms with Gasteiger partial charge >= 0.3 is 0 Å². The number of hydrogen-bond acceptors (Lipinski definition) is 12. The monoisotopic (exact) mass is 1470 g/mol. The maximum Gasteiger partial charge on any atom is 0.178 e. The molecule has 16 nitrogen and oxygen atoms in total. The molecule has 8 fully saturated rings. The fourth-order valence-electron chi connectivity index (χ4n) is 20.0. The van der Waals surface area contributed by atoms with Crippen LogP contribution in [0, 0.1) is 44.9 Å². The summed E-state index contributed by atoms with van der Waals surface area (Å²) < 4.78 is 113. The first kappa shape index (κ1) is 72.9. The fourth-order valence-corrected chi connectivity index (χ4v) is 20.0. The largest absolute Gasteiger partial charge is 0.343 e. The van der Waals surface area contributed by atoms with Crippen LogP contribution in [0.15, 0.2) is 144 Å². The Morgan fingerprint density at radius 2 is 0.463 bits per heavy atom. The summed E-state index contributed by atoms with van der Waals surface area (Å²) in [7, 11) is 0. The summed E-state index contributed by atoms with van der Waals surface area (Å²) in [4.78, 5) is 0. The second kappa shape index (κ2) is 26.9. The molecule has 4 spiro atoms. The summed E-state index contributed by atoms with van der Waals surface area (Å²) in [5.41, 5.74) is 17.3. The zero-order chi connectivity index (χ0) is 75.2. The molecule has 568 valence electrons. The number of halogens is 4. The van der Waals surface area contributed by atoms with Gasteiger partial charge in [-0.25, -0.2) is 36.3 Å². The van der Waals surface area contributed by atoms with Gasteiger partial charge in [0.25, 0.3) is 0 Å². The minimum Gasteiger partial charge on any atom is -0.343 e. The summed E-state index contributed by atoms with van der Waals surface area (Å²) in [6.45, 7) is 25.9. The van der Waals surface area contributed by atoms with E-state index in [-0.39, 0.29) is 93.8 Å². The van der Waals surface area contributed by atoms with Crippen LogP contribution in [0.2, 0.25) is 0 Å². The summed E-state index contributed by atoms with van der Waals surface area (Å²) in [5, 5.41) is 18.4. The van der Waals surface area contributed by atoms with Gasteiger partial charge in [-0.1, -0.05) is 50.0 Å². The quantitative estimate of drug-likeness (QED) is 0.155. The van der Waals surface area contributed by atoms with Crippen molar-refractivity contribution in [3.05, 3.63) is 212 Å². The molecule has 4 aliphatic heterocycles. The maximum absolute atomic E-state index is 13.3.